The number of hydrogen-bond acceptors (Lipinski definition) is 4. The quantitative estimate of drug-likeness (QED) is 0.755. The third-order valence-corrected chi connectivity index (χ3v) is 4.50. The highest BCUT2D eigenvalue weighted by molar-refractivity contribution is 7.10. The molecule has 2 aromatic heterocycles. The third kappa shape index (κ3) is 2.69. The van der Waals surface area contributed by atoms with Gasteiger partial charge in [-0.1, -0.05) is 12.1 Å². The van der Waals surface area contributed by atoms with E-state index in [4.69, 9.17) is 10.7 Å². The SMILES string of the molecule is Cc1nn(C)c(C)c1-c1csc(Cc2ccc(N)cc2)n1. The zero-order chi connectivity index (χ0) is 15.0. The normalized spacial score (nSPS) is 11.0. The lowest BCUT2D eigenvalue weighted by molar-refractivity contribution is 0.731. The maximum atomic E-state index is 5.71. The van der Waals surface area contributed by atoms with E-state index in [2.05, 4.69) is 29.5 Å². The Hall–Kier alpha value is -2.14. The predicted molar refractivity (Wildman–Crippen MR) is 87.5 cm³/mol. The molecule has 0 saturated heterocycles. The van der Waals surface area contributed by atoms with Crippen LogP contribution in [-0.4, -0.2) is 14.8 Å². The van der Waals surface area contributed by atoms with Crippen LogP contribution in [-0.2, 0) is 13.5 Å². The molecule has 5 heteroatoms. The molecule has 0 aliphatic carbocycles. The van der Waals surface area contributed by atoms with E-state index in [9.17, 15) is 0 Å². The summed E-state index contributed by atoms with van der Waals surface area (Å²) >= 11 is 1.69. The van der Waals surface area contributed by atoms with Gasteiger partial charge in [-0.2, -0.15) is 5.10 Å². The van der Waals surface area contributed by atoms with Gasteiger partial charge in [0.2, 0.25) is 0 Å². The van der Waals surface area contributed by atoms with E-state index in [1.165, 1.54) is 5.56 Å². The molecule has 0 unspecified atom stereocenters. The van der Waals surface area contributed by atoms with Gasteiger partial charge in [0.05, 0.1) is 16.4 Å². The minimum atomic E-state index is 0.792. The number of nitrogens with two attached hydrogens (primary N) is 1. The van der Waals surface area contributed by atoms with Crippen molar-refractivity contribution in [3.8, 4) is 11.3 Å². The molecular formula is C16H18N4S. The van der Waals surface area contributed by atoms with Crippen molar-refractivity contribution in [2.24, 2.45) is 7.05 Å². The first-order valence-corrected chi connectivity index (χ1v) is 7.72. The zero-order valence-corrected chi connectivity index (χ0v) is 13.2. The van der Waals surface area contributed by atoms with Crippen LogP contribution in [0.4, 0.5) is 5.69 Å². The summed E-state index contributed by atoms with van der Waals surface area (Å²) in [6.07, 6.45) is 0.837. The van der Waals surface area contributed by atoms with Gasteiger partial charge in [0, 0.05) is 35.8 Å². The monoisotopic (exact) mass is 298 g/mol. The van der Waals surface area contributed by atoms with Gasteiger partial charge in [0.1, 0.15) is 0 Å². The second kappa shape index (κ2) is 5.33. The molecule has 0 spiro atoms. The molecule has 0 bridgehead atoms. The lowest BCUT2D eigenvalue weighted by Crippen LogP contribution is -1.93. The highest BCUT2D eigenvalue weighted by Gasteiger charge is 2.14. The van der Waals surface area contributed by atoms with Crippen molar-refractivity contribution in [1.82, 2.24) is 14.8 Å². The lowest BCUT2D eigenvalue weighted by atomic mass is 10.1. The molecule has 2 heterocycles. The molecule has 108 valence electrons. The van der Waals surface area contributed by atoms with Crippen molar-refractivity contribution in [3.63, 3.8) is 0 Å². The lowest BCUT2D eigenvalue weighted by Gasteiger charge is -1.99. The second-order valence-corrected chi connectivity index (χ2v) is 6.16. The van der Waals surface area contributed by atoms with Gasteiger partial charge in [0.25, 0.3) is 0 Å². The number of benzene rings is 1. The average molecular weight is 298 g/mol. The fraction of sp³-hybridized carbons (Fsp3) is 0.250. The van der Waals surface area contributed by atoms with E-state index in [1.54, 1.807) is 11.3 Å². The number of aryl methyl sites for hydroxylation is 2. The van der Waals surface area contributed by atoms with Gasteiger partial charge >= 0.3 is 0 Å². The molecule has 3 rings (SSSR count). The number of nitrogen functional groups attached to an aromatic ring is 1. The fourth-order valence-corrected chi connectivity index (χ4v) is 3.28. The van der Waals surface area contributed by atoms with Gasteiger partial charge in [-0.15, -0.1) is 11.3 Å². The number of aromatic nitrogens is 3. The van der Waals surface area contributed by atoms with Crippen molar-refractivity contribution in [3.05, 3.63) is 51.6 Å². The molecule has 0 amide bonds. The van der Waals surface area contributed by atoms with Crippen LogP contribution in [0.15, 0.2) is 29.6 Å². The molecule has 21 heavy (non-hydrogen) atoms. The van der Waals surface area contributed by atoms with Gasteiger partial charge in [-0.3, -0.25) is 4.68 Å². The Kier molecular flexibility index (Phi) is 3.51. The van der Waals surface area contributed by atoms with Crippen molar-refractivity contribution in [1.29, 1.82) is 0 Å². The largest absolute Gasteiger partial charge is 0.399 e. The predicted octanol–water partition coefficient (Wildman–Crippen LogP) is 3.33. The van der Waals surface area contributed by atoms with Crippen LogP contribution in [0.25, 0.3) is 11.3 Å². The molecule has 0 aliphatic heterocycles. The highest BCUT2D eigenvalue weighted by Crippen LogP contribution is 2.28. The van der Waals surface area contributed by atoms with Crippen LogP contribution < -0.4 is 5.73 Å². The summed E-state index contributed by atoms with van der Waals surface area (Å²) in [5.41, 5.74) is 12.1. The Labute approximate surface area is 128 Å². The van der Waals surface area contributed by atoms with Crippen LogP contribution in [0, 0.1) is 13.8 Å². The van der Waals surface area contributed by atoms with E-state index in [1.807, 2.05) is 30.8 Å². The van der Waals surface area contributed by atoms with Crippen molar-refractivity contribution in [2.75, 3.05) is 5.73 Å². The number of rotatable bonds is 3. The van der Waals surface area contributed by atoms with Gasteiger partial charge in [-0.05, 0) is 31.5 Å². The van der Waals surface area contributed by atoms with Gasteiger partial charge in [-0.25, -0.2) is 4.98 Å². The Morgan fingerprint density at radius 2 is 1.90 bits per heavy atom. The van der Waals surface area contributed by atoms with Crippen LogP contribution in [0.2, 0.25) is 0 Å². The van der Waals surface area contributed by atoms with Crippen LogP contribution in [0.5, 0.6) is 0 Å². The summed E-state index contributed by atoms with van der Waals surface area (Å²) in [6.45, 7) is 4.11. The number of nitrogens with zero attached hydrogens (tertiary/aromatic N) is 3. The first-order valence-electron chi connectivity index (χ1n) is 6.84. The third-order valence-electron chi connectivity index (χ3n) is 3.65. The number of thiazole rings is 1. The summed E-state index contributed by atoms with van der Waals surface area (Å²) in [5.74, 6) is 0. The minimum absolute atomic E-state index is 0.792. The van der Waals surface area contributed by atoms with E-state index in [0.29, 0.717) is 0 Å². The zero-order valence-electron chi connectivity index (χ0n) is 12.4. The van der Waals surface area contributed by atoms with E-state index >= 15 is 0 Å². The topological polar surface area (TPSA) is 56.7 Å². The summed E-state index contributed by atoms with van der Waals surface area (Å²) in [6, 6.07) is 7.96. The highest BCUT2D eigenvalue weighted by atomic mass is 32.1. The number of hydrogen-bond donors (Lipinski definition) is 1. The molecule has 4 nitrogen and oxygen atoms in total. The molecule has 0 aliphatic rings. The Morgan fingerprint density at radius 1 is 1.19 bits per heavy atom. The average Bonchev–Trinajstić information content (AvgIpc) is 2.98. The van der Waals surface area contributed by atoms with Crippen LogP contribution in [0.3, 0.4) is 0 Å². The number of anilines is 1. The van der Waals surface area contributed by atoms with E-state index in [0.717, 1.165) is 39.8 Å². The summed E-state index contributed by atoms with van der Waals surface area (Å²) < 4.78 is 1.91. The standard InChI is InChI=1S/C16H18N4S/c1-10-16(11(2)20(3)19-10)14-9-21-15(18-14)8-12-4-6-13(17)7-5-12/h4-7,9H,8,17H2,1-3H3. The minimum Gasteiger partial charge on any atom is -0.399 e. The van der Waals surface area contributed by atoms with Crippen molar-refractivity contribution in [2.45, 2.75) is 20.3 Å². The van der Waals surface area contributed by atoms with Crippen LogP contribution in [0.1, 0.15) is 22.0 Å². The first-order chi connectivity index (χ1) is 10.0. The molecular weight excluding hydrogens is 280 g/mol. The second-order valence-electron chi connectivity index (χ2n) is 5.21. The summed E-state index contributed by atoms with van der Waals surface area (Å²) in [5, 5.41) is 7.68. The van der Waals surface area contributed by atoms with E-state index < -0.39 is 0 Å². The summed E-state index contributed by atoms with van der Waals surface area (Å²) in [7, 11) is 1.97. The van der Waals surface area contributed by atoms with Gasteiger partial charge < -0.3 is 5.73 Å². The van der Waals surface area contributed by atoms with Crippen molar-refractivity contribution < 1.29 is 0 Å². The maximum absolute atomic E-state index is 5.71. The molecule has 1 aromatic carbocycles. The fourth-order valence-electron chi connectivity index (χ4n) is 2.46. The van der Waals surface area contributed by atoms with E-state index in [-0.39, 0.29) is 0 Å². The molecule has 0 atom stereocenters. The van der Waals surface area contributed by atoms with Crippen molar-refractivity contribution >= 4 is 17.0 Å². The smallest absolute Gasteiger partial charge is 0.0976 e. The molecule has 0 radical (unpaired) electrons. The molecule has 0 fully saturated rings. The van der Waals surface area contributed by atoms with Gasteiger partial charge in [0.15, 0.2) is 0 Å². The maximum Gasteiger partial charge on any atom is 0.0976 e. The van der Waals surface area contributed by atoms with Crippen LogP contribution >= 0.6 is 11.3 Å². The molecule has 2 N–H and O–H groups in total. The molecule has 0 saturated carbocycles. The Morgan fingerprint density at radius 3 is 2.52 bits per heavy atom. The first kappa shape index (κ1) is 13.8. The molecule has 3 aromatic rings. The summed E-state index contributed by atoms with van der Waals surface area (Å²) in [4.78, 5) is 4.77. The Bertz CT molecular complexity index is 768. The Balaban J connectivity index is 1.88.